The van der Waals surface area contributed by atoms with Crippen molar-refractivity contribution < 1.29 is 19.0 Å². The van der Waals surface area contributed by atoms with E-state index in [9.17, 15) is 9.18 Å². The maximum absolute atomic E-state index is 13.5. The highest BCUT2D eigenvalue weighted by atomic mass is 19.1. The molecule has 0 saturated heterocycles. The van der Waals surface area contributed by atoms with Crippen molar-refractivity contribution in [2.45, 2.75) is 19.3 Å². The Kier molecular flexibility index (Phi) is 4.74. The van der Waals surface area contributed by atoms with Gasteiger partial charge in [-0.15, -0.1) is 0 Å². The fraction of sp³-hybridized carbons (Fsp3) is 0.500. The van der Waals surface area contributed by atoms with Crippen molar-refractivity contribution >= 4 is 11.7 Å². The van der Waals surface area contributed by atoms with Gasteiger partial charge in [-0.2, -0.15) is 0 Å². The fourth-order valence-corrected chi connectivity index (χ4v) is 1.80. The van der Waals surface area contributed by atoms with Gasteiger partial charge in [0.05, 0.1) is 11.3 Å². The summed E-state index contributed by atoms with van der Waals surface area (Å²) in [7, 11) is 0. The zero-order chi connectivity index (χ0) is 13.7. The molecule has 0 aromatic heterocycles. The van der Waals surface area contributed by atoms with Crippen molar-refractivity contribution in [3.05, 3.63) is 29.6 Å². The lowest BCUT2D eigenvalue weighted by atomic mass is 10.1. The van der Waals surface area contributed by atoms with Crippen LogP contribution in [0.2, 0.25) is 0 Å². The minimum absolute atomic E-state index is 0.0427. The minimum atomic E-state index is -1.13. The number of halogens is 1. The highest BCUT2D eigenvalue weighted by Crippen LogP contribution is 2.28. The molecule has 1 saturated carbocycles. The average Bonchev–Trinajstić information content (AvgIpc) is 3.18. The Morgan fingerprint density at radius 1 is 1.47 bits per heavy atom. The molecule has 0 radical (unpaired) electrons. The van der Waals surface area contributed by atoms with Crippen molar-refractivity contribution in [3.63, 3.8) is 0 Å². The summed E-state index contributed by atoms with van der Waals surface area (Å²) in [5.41, 5.74) is 0.0103. The van der Waals surface area contributed by atoms with Crippen molar-refractivity contribution in [1.29, 1.82) is 0 Å². The first-order valence-electron chi connectivity index (χ1n) is 6.52. The standard InChI is InChI=1S/C14H18FNO3/c15-12-4-1-3-11(14(17)18)13(12)16-7-2-8-19-9-10-5-6-10/h1,3-4,10,16H,2,5-9H2,(H,17,18). The van der Waals surface area contributed by atoms with Crippen LogP contribution in [0, 0.1) is 11.7 Å². The quantitative estimate of drug-likeness (QED) is 0.711. The van der Waals surface area contributed by atoms with Gasteiger partial charge in [-0.1, -0.05) is 6.07 Å². The van der Waals surface area contributed by atoms with Crippen molar-refractivity contribution in [1.82, 2.24) is 0 Å². The summed E-state index contributed by atoms with van der Waals surface area (Å²) in [5.74, 6) is -0.941. The number of anilines is 1. The van der Waals surface area contributed by atoms with Gasteiger partial charge in [0.25, 0.3) is 0 Å². The molecule has 4 nitrogen and oxygen atoms in total. The summed E-state index contributed by atoms with van der Waals surface area (Å²) in [4.78, 5) is 11.0. The van der Waals surface area contributed by atoms with Gasteiger partial charge in [-0.25, -0.2) is 9.18 Å². The third kappa shape index (κ3) is 4.21. The molecule has 5 heteroatoms. The molecular formula is C14H18FNO3. The van der Waals surface area contributed by atoms with E-state index < -0.39 is 11.8 Å². The van der Waals surface area contributed by atoms with Gasteiger partial charge >= 0.3 is 5.97 Å². The minimum Gasteiger partial charge on any atom is -0.478 e. The van der Waals surface area contributed by atoms with Crippen LogP contribution in [0.25, 0.3) is 0 Å². The van der Waals surface area contributed by atoms with Crippen molar-refractivity contribution in [2.75, 3.05) is 25.1 Å². The van der Waals surface area contributed by atoms with E-state index >= 15 is 0 Å². The van der Waals surface area contributed by atoms with Crippen LogP contribution in [0.1, 0.15) is 29.6 Å². The van der Waals surface area contributed by atoms with Crippen LogP contribution >= 0.6 is 0 Å². The zero-order valence-electron chi connectivity index (χ0n) is 10.7. The molecule has 2 rings (SSSR count). The molecule has 2 N–H and O–H groups in total. The van der Waals surface area contributed by atoms with Gasteiger partial charge in [0, 0.05) is 19.8 Å². The largest absolute Gasteiger partial charge is 0.478 e. The number of hydrogen-bond acceptors (Lipinski definition) is 3. The van der Waals surface area contributed by atoms with E-state index in [0.29, 0.717) is 13.2 Å². The lowest BCUT2D eigenvalue weighted by Crippen LogP contribution is -2.11. The van der Waals surface area contributed by atoms with Gasteiger partial charge in [-0.05, 0) is 37.3 Å². The molecule has 104 valence electrons. The fourth-order valence-electron chi connectivity index (χ4n) is 1.80. The second kappa shape index (κ2) is 6.52. The molecule has 1 aromatic rings. The van der Waals surface area contributed by atoms with E-state index in [4.69, 9.17) is 9.84 Å². The number of carboxylic acids is 1. The van der Waals surface area contributed by atoms with Crippen LogP contribution in [-0.2, 0) is 4.74 Å². The number of para-hydroxylation sites is 1. The summed E-state index contributed by atoms with van der Waals surface area (Å²) in [6, 6.07) is 4.03. The van der Waals surface area contributed by atoms with Crippen LogP contribution < -0.4 is 5.32 Å². The number of rotatable bonds is 8. The first-order valence-corrected chi connectivity index (χ1v) is 6.52. The number of carboxylic acid groups (broad SMARTS) is 1. The molecular weight excluding hydrogens is 249 g/mol. The van der Waals surface area contributed by atoms with Gasteiger partial charge in [-0.3, -0.25) is 0 Å². The number of ether oxygens (including phenoxy) is 1. The summed E-state index contributed by atoms with van der Waals surface area (Å²) in [6.45, 7) is 1.91. The third-order valence-corrected chi connectivity index (χ3v) is 3.06. The van der Waals surface area contributed by atoms with E-state index in [1.165, 1.54) is 31.0 Å². The Labute approximate surface area is 111 Å². The molecule has 0 atom stereocenters. The topological polar surface area (TPSA) is 58.6 Å². The first-order chi connectivity index (χ1) is 9.18. The molecule has 0 aliphatic heterocycles. The second-order valence-corrected chi connectivity index (χ2v) is 4.77. The Balaban J connectivity index is 1.76. The maximum Gasteiger partial charge on any atom is 0.337 e. The smallest absolute Gasteiger partial charge is 0.337 e. The summed E-state index contributed by atoms with van der Waals surface area (Å²) in [6.07, 6.45) is 3.24. The number of carbonyl (C=O) groups is 1. The zero-order valence-corrected chi connectivity index (χ0v) is 10.7. The van der Waals surface area contributed by atoms with Crippen molar-refractivity contribution in [2.24, 2.45) is 5.92 Å². The normalized spacial score (nSPS) is 14.4. The van der Waals surface area contributed by atoms with Crippen LogP contribution in [0.3, 0.4) is 0 Å². The summed E-state index contributed by atoms with van der Waals surface area (Å²) < 4.78 is 19.0. The van der Waals surface area contributed by atoms with Crippen LogP contribution in [0.15, 0.2) is 18.2 Å². The maximum atomic E-state index is 13.5. The van der Waals surface area contributed by atoms with E-state index in [1.807, 2.05) is 0 Å². The molecule has 19 heavy (non-hydrogen) atoms. The third-order valence-electron chi connectivity index (χ3n) is 3.06. The monoisotopic (exact) mass is 267 g/mol. The van der Waals surface area contributed by atoms with Gasteiger partial charge in [0.1, 0.15) is 5.82 Å². The molecule has 0 bridgehead atoms. The first kappa shape index (κ1) is 13.8. The number of benzene rings is 1. The van der Waals surface area contributed by atoms with Crippen LogP contribution in [0.4, 0.5) is 10.1 Å². The summed E-state index contributed by atoms with van der Waals surface area (Å²) in [5, 5.41) is 11.8. The Bertz CT molecular complexity index is 446. The van der Waals surface area contributed by atoms with Crippen LogP contribution in [-0.4, -0.2) is 30.8 Å². The Morgan fingerprint density at radius 3 is 2.95 bits per heavy atom. The highest BCUT2D eigenvalue weighted by molar-refractivity contribution is 5.94. The molecule has 0 heterocycles. The predicted octanol–water partition coefficient (Wildman–Crippen LogP) is 2.75. The Morgan fingerprint density at radius 2 is 2.26 bits per heavy atom. The molecule has 1 aromatic carbocycles. The van der Waals surface area contributed by atoms with E-state index in [2.05, 4.69) is 5.32 Å². The second-order valence-electron chi connectivity index (χ2n) is 4.77. The van der Waals surface area contributed by atoms with Crippen LogP contribution in [0.5, 0.6) is 0 Å². The SMILES string of the molecule is O=C(O)c1cccc(F)c1NCCCOCC1CC1. The molecule has 0 amide bonds. The number of hydrogen-bond donors (Lipinski definition) is 2. The summed E-state index contributed by atoms with van der Waals surface area (Å²) >= 11 is 0. The lowest BCUT2D eigenvalue weighted by molar-refractivity contribution is 0.0697. The number of nitrogens with one attached hydrogen (secondary N) is 1. The highest BCUT2D eigenvalue weighted by Gasteiger charge is 2.20. The predicted molar refractivity (Wildman–Crippen MR) is 70.0 cm³/mol. The molecule has 0 spiro atoms. The molecule has 1 aliphatic carbocycles. The lowest BCUT2D eigenvalue weighted by Gasteiger charge is -2.10. The van der Waals surface area contributed by atoms with E-state index in [1.54, 1.807) is 0 Å². The average molecular weight is 267 g/mol. The van der Waals surface area contributed by atoms with Gasteiger partial charge in [0.2, 0.25) is 0 Å². The van der Waals surface area contributed by atoms with Gasteiger partial charge < -0.3 is 15.2 Å². The van der Waals surface area contributed by atoms with E-state index in [0.717, 1.165) is 18.9 Å². The van der Waals surface area contributed by atoms with Gasteiger partial charge in [0.15, 0.2) is 0 Å². The molecule has 0 unspecified atom stereocenters. The molecule has 1 aliphatic rings. The number of aromatic carboxylic acids is 1. The molecule has 1 fully saturated rings. The van der Waals surface area contributed by atoms with E-state index in [-0.39, 0.29) is 11.3 Å². The Hall–Kier alpha value is -1.62. The van der Waals surface area contributed by atoms with Crippen molar-refractivity contribution in [3.8, 4) is 0 Å².